The Morgan fingerprint density at radius 1 is 1.00 bits per heavy atom. The van der Waals surface area contributed by atoms with Crippen molar-refractivity contribution in [1.29, 1.82) is 0 Å². The number of benzene rings is 2. The van der Waals surface area contributed by atoms with Crippen molar-refractivity contribution in [3.05, 3.63) is 78.4 Å². The van der Waals surface area contributed by atoms with Crippen LogP contribution in [0, 0.1) is 6.92 Å². The molecule has 0 aliphatic rings. The van der Waals surface area contributed by atoms with E-state index in [1.54, 1.807) is 31.2 Å². The number of hydrogen-bond acceptors (Lipinski definition) is 4. The van der Waals surface area contributed by atoms with Crippen LogP contribution in [-0.2, 0) is 9.59 Å². The van der Waals surface area contributed by atoms with Gasteiger partial charge in [-0.1, -0.05) is 36.9 Å². The van der Waals surface area contributed by atoms with E-state index < -0.39 is 11.9 Å². The van der Waals surface area contributed by atoms with Crippen molar-refractivity contribution in [3.8, 4) is 11.5 Å². The van der Waals surface area contributed by atoms with Crippen LogP contribution in [0.15, 0.2) is 67.3 Å². The van der Waals surface area contributed by atoms with Gasteiger partial charge in [0.1, 0.15) is 11.5 Å². The average molecular weight is 308 g/mol. The second-order valence-electron chi connectivity index (χ2n) is 4.72. The van der Waals surface area contributed by atoms with Gasteiger partial charge in [0.05, 0.1) is 0 Å². The zero-order valence-electron chi connectivity index (χ0n) is 12.7. The molecule has 0 amide bonds. The number of carbonyl (C=O) groups excluding carboxylic acids is 2. The second kappa shape index (κ2) is 7.75. The van der Waals surface area contributed by atoms with Gasteiger partial charge in [-0.05, 0) is 42.3 Å². The maximum absolute atomic E-state index is 11.8. The molecule has 0 unspecified atom stereocenters. The van der Waals surface area contributed by atoms with E-state index in [1.165, 1.54) is 6.08 Å². The number of aryl methyl sites for hydroxylation is 1. The predicted octanol–water partition coefficient (Wildman–Crippen LogP) is 3.71. The molecule has 116 valence electrons. The number of rotatable bonds is 5. The van der Waals surface area contributed by atoms with Gasteiger partial charge in [-0.3, -0.25) is 0 Å². The van der Waals surface area contributed by atoms with E-state index in [0.717, 1.165) is 11.6 Å². The summed E-state index contributed by atoms with van der Waals surface area (Å²) in [6.45, 7) is 5.09. The lowest BCUT2D eigenvalue weighted by Crippen LogP contribution is -2.06. The molecule has 0 atom stereocenters. The fourth-order valence-corrected chi connectivity index (χ4v) is 1.83. The summed E-state index contributed by atoms with van der Waals surface area (Å²) in [5, 5.41) is 0. The van der Waals surface area contributed by atoms with E-state index in [1.807, 2.05) is 30.3 Å². The Morgan fingerprint density at radius 3 is 2.39 bits per heavy atom. The van der Waals surface area contributed by atoms with Crippen molar-refractivity contribution in [3.63, 3.8) is 0 Å². The van der Waals surface area contributed by atoms with Crippen LogP contribution in [0.25, 0.3) is 6.08 Å². The maximum atomic E-state index is 11.8. The molecule has 2 aromatic carbocycles. The molecular weight excluding hydrogens is 292 g/mol. The Balaban J connectivity index is 2.01. The van der Waals surface area contributed by atoms with Crippen LogP contribution in [-0.4, -0.2) is 11.9 Å². The van der Waals surface area contributed by atoms with Gasteiger partial charge in [0.15, 0.2) is 0 Å². The standard InChI is InChI=1S/C19H16O4/c1-3-18(20)23-17-11-10-16(13-14(17)2)22-19(21)12-9-15-7-5-4-6-8-15/h3-13H,1H2,2H3/b12-9+. The fourth-order valence-electron chi connectivity index (χ4n) is 1.83. The molecule has 0 bridgehead atoms. The van der Waals surface area contributed by atoms with Gasteiger partial charge in [-0.15, -0.1) is 0 Å². The summed E-state index contributed by atoms with van der Waals surface area (Å²) in [6, 6.07) is 14.2. The number of esters is 2. The summed E-state index contributed by atoms with van der Waals surface area (Å²) in [6.07, 6.45) is 4.12. The first-order chi connectivity index (χ1) is 11.1. The first kappa shape index (κ1) is 16.2. The molecule has 0 aromatic heterocycles. The van der Waals surface area contributed by atoms with E-state index in [4.69, 9.17) is 9.47 Å². The first-order valence-corrected chi connectivity index (χ1v) is 6.98. The molecule has 2 rings (SSSR count). The van der Waals surface area contributed by atoms with Crippen LogP contribution in [0.4, 0.5) is 0 Å². The number of hydrogen-bond donors (Lipinski definition) is 0. The quantitative estimate of drug-likeness (QED) is 0.480. The van der Waals surface area contributed by atoms with E-state index in [9.17, 15) is 9.59 Å². The van der Waals surface area contributed by atoms with Gasteiger partial charge in [0.25, 0.3) is 0 Å². The molecule has 0 heterocycles. The SMILES string of the molecule is C=CC(=O)Oc1ccc(OC(=O)/C=C/c2ccccc2)cc1C. The van der Waals surface area contributed by atoms with Crippen LogP contribution < -0.4 is 9.47 Å². The summed E-state index contributed by atoms with van der Waals surface area (Å²) < 4.78 is 10.3. The third-order valence-corrected chi connectivity index (χ3v) is 2.95. The van der Waals surface area contributed by atoms with Gasteiger partial charge >= 0.3 is 11.9 Å². The Hall–Kier alpha value is -3.14. The monoisotopic (exact) mass is 308 g/mol. The first-order valence-electron chi connectivity index (χ1n) is 6.98. The van der Waals surface area contributed by atoms with Crippen LogP contribution in [0.2, 0.25) is 0 Å². The molecule has 0 fully saturated rings. The molecule has 0 aliphatic carbocycles. The highest BCUT2D eigenvalue weighted by Crippen LogP contribution is 2.23. The van der Waals surface area contributed by atoms with Crippen LogP contribution in [0.3, 0.4) is 0 Å². The van der Waals surface area contributed by atoms with Gasteiger partial charge in [-0.25, -0.2) is 9.59 Å². The zero-order chi connectivity index (χ0) is 16.7. The Kier molecular flexibility index (Phi) is 5.47. The van der Waals surface area contributed by atoms with E-state index in [2.05, 4.69) is 6.58 Å². The van der Waals surface area contributed by atoms with Gasteiger partial charge < -0.3 is 9.47 Å². The molecule has 0 N–H and O–H groups in total. The lowest BCUT2D eigenvalue weighted by atomic mass is 10.2. The molecule has 0 saturated heterocycles. The predicted molar refractivity (Wildman–Crippen MR) is 88.1 cm³/mol. The summed E-state index contributed by atoms with van der Waals surface area (Å²) in [5.74, 6) is -0.245. The number of carbonyl (C=O) groups is 2. The Bertz CT molecular complexity index is 745. The van der Waals surface area contributed by atoms with Crippen molar-refractivity contribution in [2.24, 2.45) is 0 Å². The topological polar surface area (TPSA) is 52.6 Å². The lowest BCUT2D eigenvalue weighted by molar-refractivity contribution is -0.130. The van der Waals surface area contributed by atoms with Crippen molar-refractivity contribution in [2.45, 2.75) is 6.92 Å². The minimum absolute atomic E-state index is 0.378. The van der Waals surface area contributed by atoms with Crippen molar-refractivity contribution >= 4 is 18.0 Å². The molecule has 2 aromatic rings. The normalized spacial score (nSPS) is 10.3. The smallest absolute Gasteiger partial charge is 0.336 e. The molecule has 0 saturated carbocycles. The Labute approximate surface area is 134 Å². The molecule has 4 heteroatoms. The van der Waals surface area contributed by atoms with Crippen molar-refractivity contribution in [2.75, 3.05) is 0 Å². The number of ether oxygens (including phenoxy) is 2. The lowest BCUT2D eigenvalue weighted by Gasteiger charge is -2.07. The summed E-state index contributed by atoms with van der Waals surface area (Å²) in [7, 11) is 0. The third-order valence-electron chi connectivity index (χ3n) is 2.95. The Morgan fingerprint density at radius 2 is 1.74 bits per heavy atom. The highest BCUT2D eigenvalue weighted by molar-refractivity contribution is 5.88. The molecule has 0 aliphatic heterocycles. The van der Waals surface area contributed by atoms with E-state index >= 15 is 0 Å². The molecule has 23 heavy (non-hydrogen) atoms. The summed E-state index contributed by atoms with van der Waals surface area (Å²) in [5.41, 5.74) is 1.59. The highest BCUT2D eigenvalue weighted by atomic mass is 16.5. The van der Waals surface area contributed by atoms with Crippen LogP contribution in [0.1, 0.15) is 11.1 Å². The fraction of sp³-hybridized carbons (Fsp3) is 0.0526. The molecule has 0 spiro atoms. The minimum atomic E-state index is -0.538. The second-order valence-corrected chi connectivity index (χ2v) is 4.72. The van der Waals surface area contributed by atoms with Crippen molar-refractivity contribution in [1.82, 2.24) is 0 Å². The molecular formula is C19H16O4. The van der Waals surface area contributed by atoms with Crippen molar-refractivity contribution < 1.29 is 19.1 Å². The van der Waals surface area contributed by atoms with Crippen LogP contribution in [0.5, 0.6) is 11.5 Å². The third kappa shape index (κ3) is 4.97. The van der Waals surface area contributed by atoms with Gasteiger partial charge in [0, 0.05) is 12.2 Å². The minimum Gasteiger partial charge on any atom is -0.423 e. The zero-order valence-corrected chi connectivity index (χ0v) is 12.7. The highest BCUT2D eigenvalue weighted by Gasteiger charge is 2.07. The maximum Gasteiger partial charge on any atom is 0.336 e. The molecule has 0 radical (unpaired) electrons. The van der Waals surface area contributed by atoms with Gasteiger partial charge in [-0.2, -0.15) is 0 Å². The van der Waals surface area contributed by atoms with Gasteiger partial charge in [0.2, 0.25) is 0 Å². The van der Waals surface area contributed by atoms with Crippen LogP contribution >= 0.6 is 0 Å². The molecule has 4 nitrogen and oxygen atoms in total. The van der Waals surface area contributed by atoms with E-state index in [-0.39, 0.29) is 0 Å². The summed E-state index contributed by atoms with van der Waals surface area (Å²) >= 11 is 0. The van der Waals surface area contributed by atoms with E-state index in [0.29, 0.717) is 17.1 Å². The average Bonchev–Trinajstić information content (AvgIpc) is 2.56. The summed E-state index contributed by atoms with van der Waals surface area (Å²) in [4.78, 5) is 23.0. The largest absolute Gasteiger partial charge is 0.423 e.